The Labute approximate surface area is 118 Å². The molecule has 20 heavy (non-hydrogen) atoms. The van der Waals surface area contributed by atoms with E-state index in [0.717, 1.165) is 18.6 Å². The van der Waals surface area contributed by atoms with Crippen LogP contribution in [-0.4, -0.2) is 40.2 Å². The Bertz CT molecular complexity index is 511. The second-order valence-corrected chi connectivity index (χ2v) is 5.55. The molecule has 2 amide bonds. The molecule has 5 nitrogen and oxygen atoms in total. The van der Waals surface area contributed by atoms with Gasteiger partial charge in [0.15, 0.2) is 0 Å². The van der Waals surface area contributed by atoms with Crippen LogP contribution in [-0.2, 0) is 9.59 Å². The smallest absolute Gasteiger partial charge is 0.246 e. The first-order valence-electron chi connectivity index (χ1n) is 7.31. The van der Waals surface area contributed by atoms with E-state index in [2.05, 4.69) is 0 Å². The lowest BCUT2D eigenvalue weighted by Crippen LogP contribution is -2.62. The molecule has 3 rings (SSSR count). The summed E-state index contributed by atoms with van der Waals surface area (Å²) in [5.74, 6) is 0.891. The SMILES string of the molecule is CCC1C(=O)N2CCCC2C(=O)N1C(C)c1ccco1. The number of furan rings is 1. The van der Waals surface area contributed by atoms with Gasteiger partial charge in [0, 0.05) is 6.54 Å². The molecule has 0 bridgehead atoms. The summed E-state index contributed by atoms with van der Waals surface area (Å²) in [5, 5.41) is 0. The summed E-state index contributed by atoms with van der Waals surface area (Å²) in [6.45, 7) is 4.60. The van der Waals surface area contributed by atoms with E-state index < -0.39 is 0 Å². The average molecular weight is 276 g/mol. The van der Waals surface area contributed by atoms with Gasteiger partial charge in [-0.3, -0.25) is 9.59 Å². The maximum absolute atomic E-state index is 12.7. The van der Waals surface area contributed by atoms with Crippen LogP contribution in [0.2, 0.25) is 0 Å². The number of rotatable bonds is 3. The molecule has 0 saturated carbocycles. The van der Waals surface area contributed by atoms with Crippen molar-refractivity contribution in [2.24, 2.45) is 0 Å². The van der Waals surface area contributed by atoms with Gasteiger partial charge in [0.1, 0.15) is 17.8 Å². The van der Waals surface area contributed by atoms with Crippen LogP contribution in [0.5, 0.6) is 0 Å². The van der Waals surface area contributed by atoms with Gasteiger partial charge in [-0.25, -0.2) is 0 Å². The Hall–Kier alpha value is -1.78. The minimum Gasteiger partial charge on any atom is -0.467 e. The van der Waals surface area contributed by atoms with E-state index in [9.17, 15) is 9.59 Å². The third-order valence-electron chi connectivity index (χ3n) is 4.46. The van der Waals surface area contributed by atoms with E-state index in [1.807, 2.05) is 26.0 Å². The number of carbonyl (C=O) groups is 2. The summed E-state index contributed by atoms with van der Waals surface area (Å²) in [6, 6.07) is 2.84. The van der Waals surface area contributed by atoms with E-state index in [0.29, 0.717) is 13.0 Å². The van der Waals surface area contributed by atoms with Crippen LogP contribution in [0.1, 0.15) is 44.9 Å². The van der Waals surface area contributed by atoms with Gasteiger partial charge in [-0.1, -0.05) is 6.92 Å². The van der Waals surface area contributed by atoms with Crippen LogP contribution < -0.4 is 0 Å². The number of piperazine rings is 1. The fourth-order valence-corrected chi connectivity index (χ4v) is 3.42. The van der Waals surface area contributed by atoms with Gasteiger partial charge in [-0.15, -0.1) is 0 Å². The lowest BCUT2D eigenvalue weighted by atomic mass is 10.00. The third-order valence-corrected chi connectivity index (χ3v) is 4.46. The van der Waals surface area contributed by atoms with Crippen molar-refractivity contribution in [2.75, 3.05) is 6.54 Å². The highest BCUT2D eigenvalue weighted by atomic mass is 16.3. The summed E-state index contributed by atoms with van der Waals surface area (Å²) >= 11 is 0. The van der Waals surface area contributed by atoms with Crippen LogP contribution in [0, 0.1) is 0 Å². The fourth-order valence-electron chi connectivity index (χ4n) is 3.42. The molecule has 2 aliphatic heterocycles. The molecule has 0 aliphatic carbocycles. The van der Waals surface area contributed by atoms with Crippen LogP contribution in [0.25, 0.3) is 0 Å². The summed E-state index contributed by atoms with van der Waals surface area (Å²) in [5.41, 5.74) is 0. The van der Waals surface area contributed by atoms with Crippen molar-refractivity contribution in [3.63, 3.8) is 0 Å². The predicted molar refractivity (Wildman–Crippen MR) is 72.8 cm³/mol. The number of hydrogen-bond acceptors (Lipinski definition) is 3. The van der Waals surface area contributed by atoms with Crippen molar-refractivity contribution in [3.05, 3.63) is 24.2 Å². The lowest BCUT2D eigenvalue weighted by molar-refractivity contribution is -0.162. The van der Waals surface area contributed by atoms with Gasteiger partial charge in [0.2, 0.25) is 11.8 Å². The molecule has 0 N–H and O–H groups in total. The number of nitrogens with zero attached hydrogens (tertiary/aromatic N) is 2. The van der Waals surface area contributed by atoms with Gasteiger partial charge >= 0.3 is 0 Å². The van der Waals surface area contributed by atoms with Gasteiger partial charge in [-0.2, -0.15) is 0 Å². The number of amides is 2. The van der Waals surface area contributed by atoms with Crippen molar-refractivity contribution in [1.82, 2.24) is 9.80 Å². The highest BCUT2D eigenvalue weighted by Gasteiger charge is 2.48. The fraction of sp³-hybridized carbons (Fsp3) is 0.600. The monoisotopic (exact) mass is 276 g/mol. The largest absolute Gasteiger partial charge is 0.467 e. The molecule has 108 valence electrons. The van der Waals surface area contributed by atoms with Crippen LogP contribution in [0.4, 0.5) is 0 Å². The Morgan fingerprint density at radius 3 is 2.85 bits per heavy atom. The van der Waals surface area contributed by atoms with Gasteiger partial charge < -0.3 is 14.2 Å². The highest BCUT2D eigenvalue weighted by Crippen LogP contribution is 2.34. The molecule has 3 atom stereocenters. The normalized spacial score (nSPS) is 27.9. The number of hydrogen-bond donors (Lipinski definition) is 0. The molecule has 0 radical (unpaired) electrons. The van der Waals surface area contributed by atoms with Crippen molar-refractivity contribution in [3.8, 4) is 0 Å². The molecule has 2 fully saturated rings. The third kappa shape index (κ3) is 1.84. The van der Waals surface area contributed by atoms with E-state index >= 15 is 0 Å². The van der Waals surface area contributed by atoms with Crippen molar-refractivity contribution in [2.45, 2.75) is 51.2 Å². The molecule has 0 aromatic carbocycles. The zero-order valence-electron chi connectivity index (χ0n) is 11.9. The first kappa shape index (κ1) is 13.2. The van der Waals surface area contributed by atoms with Gasteiger partial charge in [0.05, 0.1) is 12.3 Å². The number of fused-ring (bicyclic) bond motifs is 1. The Morgan fingerprint density at radius 1 is 1.40 bits per heavy atom. The first-order valence-corrected chi connectivity index (χ1v) is 7.31. The molecule has 0 spiro atoms. The van der Waals surface area contributed by atoms with Gasteiger partial charge in [0.25, 0.3) is 0 Å². The summed E-state index contributed by atoms with van der Waals surface area (Å²) < 4.78 is 5.42. The Kier molecular flexibility index (Phi) is 3.28. The molecule has 2 saturated heterocycles. The minimum atomic E-state index is -0.364. The minimum absolute atomic E-state index is 0.0675. The van der Waals surface area contributed by atoms with E-state index in [-0.39, 0.29) is 29.9 Å². The first-order chi connectivity index (χ1) is 9.65. The predicted octanol–water partition coefficient (Wildman–Crippen LogP) is 1.95. The Balaban J connectivity index is 1.94. The lowest BCUT2D eigenvalue weighted by Gasteiger charge is -2.44. The summed E-state index contributed by atoms with van der Waals surface area (Å²) in [7, 11) is 0. The molecule has 3 heterocycles. The zero-order valence-corrected chi connectivity index (χ0v) is 11.9. The molecular weight excluding hydrogens is 256 g/mol. The quantitative estimate of drug-likeness (QED) is 0.848. The molecule has 2 aliphatic rings. The maximum atomic E-state index is 12.7. The van der Waals surface area contributed by atoms with Gasteiger partial charge in [-0.05, 0) is 38.3 Å². The zero-order chi connectivity index (χ0) is 14.3. The molecule has 5 heteroatoms. The summed E-state index contributed by atoms with van der Waals surface area (Å²) in [6.07, 6.45) is 3.94. The standard InChI is InChI=1S/C15H20N2O3/c1-3-11-14(18)16-8-4-6-12(16)15(19)17(11)10(2)13-7-5-9-20-13/h5,7,9-12H,3-4,6,8H2,1-2H3. The number of carbonyl (C=O) groups excluding carboxylic acids is 2. The average Bonchev–Trinajstić information content (AvgIpc) is 3.12. The van der Waals surface area contributed by atoms with Crippen molar-refractivity contribution < 1.29 is 14.0 Å². The van der Waals surface area contributed by atoms with Crippen LogP contribution in [0.3, 0.4) is 0 Å². The summed E-state index contributed by atoms with van der Waals surface area (Å²) in [4.78, 5) is 28.8. The van der Waals surface area contributed by atoms with Crippen LogP contribution in [0.15, 0.2) is 22.8 Å². The molecule has 1 aromatic heterocycles. The van der Waals surface area contributed by atoms with E-state index in [1.54, 1.807) is 16.1 Å². The highest BCUT2D eigenvalue weighted by molar-refractivity contribution is 5.97. The second kappa shape index (κ2) is 4.96. The van der Waals surface area contributed by atoms with Crippen molar-refractivity contribution in [1.29, 1.82) is 0 Å². The van der Waals surface area contributed by atoms with E-state index in [4.69, 9.17) is 4.42 Å². The van der Waals surface area contributed by atoms with Crippen LogP contribution >= 0.6 is 0 Å². The molecule has 3 unspecified atom stereocenters. The van der Waals surface area contributed by atoms with Crippen molar-refractivity contribution >= 4 is 11.8 Å². The van der Waals surface area contributed by atoms with E-state index in [1.165, 1.54) is 0 Å². The topological polar surface area (TPSA) is 53.8 Å². The molecular formula is C15H20N2O3. The maximum Gasteiger partial charge on any atom is 0.246 e. The molecule has 1 aromatic rings. The second-order valence-electron chi connectivity index (χ2n) is 5.55. The Morgan fingerprint density at radius 2 is 2.20 bits per heavy atom.